The number of pyridine rings is 1. The van der Waals surface area contributed by atoms with E-state index in [1.165, 1.54) is 22.4 Å². The third-order valence-corrected chi connectivity index (χ3v) is 6.74. The first kappa shape index (κ1) is 20.9. The van der Waals surface area contributed by atoms with Gasteiger partial charge >= 0.3 is 0 Å². The van der Waals surface area contributed by atoms with Crippen LogP contribution in [0.25, 0.3) is 15.7 Å². The van der Waals surface area contributed by atoms with Crippen LogP contribution in [0.1, 0.15) is 5.56 Å². The Labute approximate surface area is 185 Å². The highest BCUT2D eigenvalue weighted by atomic mass is 35.5. The van der Waals surface area contributed by atoms with E-state index >= 15 is 0 Å². The molecular formula is C22H18ClN5O2S. The van der Waals surface area contributed by atoms with Gasteiger partial charge in [-0.05, 0) is 49.0 Å². The Morgan fingerprint density at radius 2 is 2.03 bits per heavy atom. The molecule has 4 rings (SSSR count). The zero-order chi connectivity index (χ0) is 22.0. The van der Waals surface area contributed by atoms with Crippen LogP contribution in [0, 0.1) is 6.57 Å². The first-order chi connectivity index (χ1) is 14.9. The molecule has 156 valence electrons. The number of aromatic nitrogens is 2. The second-order valence-electron chi connectivity index (χ2n) is 6.81. The van der Waals surface area contributed by atoms with Crippen molar-refractivity contribution < 1.29 is 8.42 Å². The molecule has 7 nitrogen and oxygen atoms in total. The molecule has 2 N–H and O–H groups in total. The summed E-state index contributed by atoms with van der Waals surface area (Å²) < 4.78 is 27.9. The predicted octanol–water partition coefficient (Wildman–Crippen LogP) is 4.94. The Morgan fingerprint density at radius 3 is 2.71 bits per heavy atom. The Balaban J connectivity index is 1.83. The van der Waals surface area contributed by atoms with Crippen LogP contribution in [0.15, 0.2) is 72.0 Å². The van der Waals surface area contributed by atoms with Crippen LogP contribution in [0.5, 0.6) is 0 Å². The van der Waals surface area contributed by atoms with Crippen molar-refractivity contribution in [3.05, 3.63) is 89.1 Å². The third-order valence-electron chi connectivity index (χ3n) is 4.77. The minimum Gasteiger partial charge on any atom is -0.354 e. The monoisotopic (exact) mass is 451 g/mol. The van der Waals surface area contributed by atoms with Gasteiger partial charge < -0.3 is 10.6 Å². The summed E-state index contributed by atoms with van der Waals surface area (Å²) in [5, 5.41) is 7.51. The normalized spacial score (nSPS) is 11.4. The fourth-order valence-electron chi connectivity index (χ4n) is 3.32. The van der Waals surface area contributed by atoms with E-state index < -0.39 is 10.0 Å². The van der Waals surface area contributed by atoms with Crippen molar-refractivity contribution in [2.24, 2.45) is 0 Å². The number of nitrogens with zero attached hydrogens (tertiary/aromatic N) is 3. The summed E-state index contributed by atoms with van der Waals surface area (Å²) in [4.78, 5) is 7.42. The Bertz CT molecular complexity index is 1410. The SMILES string of the molecule is [C-]#[N+]c1ccc(Nc2ccc3c(CNC)cn(S(=O)(=O)c4cccnc4)c3c2)c(Cl)c1. The highest BCUT2D eigenvalue weighted by Gasteiger charge is 2.21. The molecule has 0 atom stereocenters. The summed E-state index contributed by atoms with van der Waals surface area (Å²) in [6.07, 6.45) is 4.49. The number of rotatable bonds is 6. The molecule has 0 amide bonds. The maximum Gasteiger partial charge on any atom is 0.269 e. The molecule has 0 unspecified atom stereocenters. The molecule has 9 heteroatoms. The van der Waals surface area contributed by atoms with Crippen molar-refractivity contribution in [2.75, 3.05) is 12.4 Å². The molecule has 2 heterocycles. The van der Waals surface area contributed by atoms with E-state index in [1.54, 1.807) is 36.5 Å². The number of anilines is 2. The maximum atomic E-state index is 13.3. The predicted molar refractivity (Wildman–Crippen MR) is 123 cm³/mol. The number of halogens is 1. The Hall–Kier alpha value is -3.38. The van der Waals surface area contributed by atoms with Crippen LogP contribution in [0.2, 0.25) is 5.02 Å². The Kier molecular flexibility index (Phi) is 5.65. The van der Waals surface area contributed by atoms with Gasteiger partial charge in [0.1, 0.15) is 4.90 Å². The number of hydrogen-bond acceptors (Lipinski definition) is 5. The van der Waals surface area contributed by atoms with Gasteiger partial charge in [0.25, 0.3) is 10.0 Å². The zero-order valence-corrected chi connectivity index (χ0v) is 18.1. The summed E-state index contributed by atoms with van der Waals surface area (Å²) in [6.45, 7) is 7.61. The lowest BCUT2D eigenvalue weighted by Gasteiger charge is -2.11. The molecule has 0 radical (unpaired) electrons. The van der Waals surface area contributed by atoms with Gasteiger partial charge in [-0.15, -0.1) is 0 Å². The molecule has 4 aromatic rings. The molecule has 0 aliphatic carbocycles. The average Bonchev–Trinajstić information content (AvgIpc) is 3.14. The lowest BCUT2D eigenvalue weighted by molar-refractivity contribution is 0.588. The fourth-order valence-corrected chi connectivity index (χ4v) is 4.89. The van der Waals surface area contributed by atoms with Crippen molar-refractivity contribution in [3.8, 4) is 0 Å². The van der Waals surface area contributed by atoms with Crippen LogP contribution in [0.3, 0.4) is 0 Å². The lowest BCUT2D eigenvalue weighted by Crippen LogP contribution is -2.12. The van der Waals surface area contributed by atoms with Crippen molar-refractivity contribution in [1.29, 1.82) is 0 Å². The Morgan fingerprint density at radius 1 is 1.19 bits per heavy atom. The van der Waals surface area contributed by atoms with E-state index in [4.69, 9.17) is 18.2 Å². The third kappa shape index (κ3) is 3.99. The molecule has 0 aliphatic rings. The highest BCUT2D eigenvalue weighted by molar-refractivity contribution is 7.90. The van der Waals surface area contributed by atoms with E-state index in [0.717, 1.165) is 10.9 Å². The second-order valence-corrected chi connectivity index (χ2v) is 9.03. The number of benzene rings is 2. The summed E-state index contributed by atoms with van der Waals surface area (Å²) in [6, 6.07) is 13.6. The molecule has 0 spiro atoms. The summed E-state index contributed by atoms with van der Waals surface area (Å²) in [5.41, 5.74) is 3.13. The van der Waals surface area contributed by atoms with Crippen LogP contribution in [0.4, 0.5) is 17.1 Å². The molecule has 2 aromatic heterocycles. The van der Waals surface area contributed by atoms with E-state index in [1.807, 2.05) is 19.2 Å². The summed E-state index contributed by atoms with van der Waals surface area (Å²) in [7, 11) is -2.02. The lowest BCUT2D eigenvalue weighted by atomic mass is 10.1. The smallest absolute Gasteiger partial charge is 0.269 e. The molecular weight excluding hydrogens is 434 g/mol. The van der Waals surface area contributed by atoms with Crippen molar-refractivity contribution in [2.45, 2.75) is 11.4 Å². The largest absolute Gasteiger partial charge is 0.354 e. The zero-order valence-electron chi connectivity index (χ0n) is 16.5. The van der Waals surface area contributed by atoms with Gasteiger partial charge in [-0.3, -0.25) is 4.98 Å². The first-order valence-electron chi connectivity index (χ1n) is 9.32. The van der Waals surface area contributed by atoms with E-state index in [9.17, 15) is 8.42 Å². The number of fused-ring (bicyclic) bond motifs is 1. The van der Waals surface area contributed by atoms with E-state index in [-0.39, 0.29) is 4.90 Å². The van der Waals surface area contributed by atoms with Crippen molar-refractivity contribution in [1.82, 2.24) is 14.3 Å². The van der Waals surface area contributed by atoms with Gasteiger partial charge in [0.05, 0.1) is 22.8 Å². The van der Waals surface area contributed by atoms with Crippen LogP contribution >= 0.6 is 11.6 Å². The van der Waals surface area contributed by atoms with Crippen LogP contribution in [-0.2, 0) is 16.6 Å². The standard InChI is InChI=1S/C22H18ClN5O2S/c1-24-12-15-14-28(31(29,30)18-4-3-9-26-13-18)22-11-17(5-7-19(15)22)27-21-8-6-16(25-2)10-20(21)23/h3-11,13-14,24,27H,12H2,1H3. The molecule has 0 aliphatic heterocycles. The fraction of sp³-hybridized carbons (Fsp3) is 0.0909. The second kappa shape index (κ2) is 8.40. The first-order valence-corrected chi connectivity index (χ1v) is 11.1. The van der Waals surface area contributed by atoms with Gasteiger partial charge in [-0.25, -0.2) is 17.2 Å². The van der Waals surface area contributed by atoms with Gasteiger partial charge in [0.15, 0.2) is 5.69 Å². The highest BCUT2D eigenvalue weighted by Crippen LogP contribution is 2.32. The van der Waals surface area contributed by atoms with Crippen LogP contribution in [-0.4, -0.2) is 24.4 Å². The average molecular weight is 452 g/mol. The van der Waals surface area contributed by atoms with Gasteiger partial charge in [-0.2, -0.15) is 0 Å². The van der Waals surface area contributed by atoms with Gasteiger partial charge in [-0.1, -0.05) is 23.7 Å². The minimum absolute atomic E-state index is 0.110. The molecule has 0 bridgehead atoms. The quantitative estimate of drug-likeness (QED) is 0.406. The molecule has 31 heavy (non-hydrogen) atoms. The van der Waals surface area contributed by atoms with Crippen molar-refractivity contribution in [3.63, 3.8) is 0 Å². The van der Waals surface area contributed by atoms with Gasteiger partial charge in [0, 0.05) is 36.2 Å². The topological polar surface area (TPSA) is 80.4 Å². The molecule has 0 saturated carbocycles. The molecule has 0 fully saturated rings. The number of hydrogen-bond donors (Lipinski definition) is 2. The maximum absolute atomic E-state index is 13.3. The van der Waals surface area contributed by atoms with Gasteiger partial charge in [0.2, 0.25) is 0 Å². The summed E-state index contributed by atoms with van der Waals surface area (Å²) >= 11 is 6.28. The minimum atomic E-state index is -3.83. The molecule has 2 aromatic carbocycles. The van der Waals surface area contributed by atoms with Crippen LogP contribution < -0.4 is 10.6 Å². The summed E-state index contributed by atoms with van der Waals surface area (Å²) in [5.74, 6) is 0. The van der Waals surface area contributed by atoms with E-state index in [2.05, 4.69) is 20.5 Å². The molecule has 0 saturated heterocycles. The van der Waals surface area contributed by atoms with Crippen molar-refractivity contribution >= 4 is 49.6 Å². The van der Waals surface area contributed by atoms with E-state index in [0.29, 0.717) is 34.1 Å². The number of nitrogens with one attached hydrogen (secondary N) is 2.